The van der Waals surface area contributed by atoms with E-state index in [4.69, 9.17) is 42.0 Å². The second-order valence-corrected chi connectivity index (χ2v) is 13.9. The average molecular weight is 836 g/mol. The number of nitrogen functional groups attached to an aromatic ring is 1. The normalized spacial score (nSPS) is 36.2. The summed E-state index contributed by atoms with van der Waals surface area (Å²) in [6.07, 6.45) is -1.76. The quantitative estimate of drug-likeness (QED) is 0.0802. The van der Waals surface area contributed by atoms with Gasteiger partial charge in [-0.2, -0.15) is 0 Å². The molecule has 24 nitrogen and oxygen atoms in total. The summed E-state index contributed by atoms with van der Waals surface area (Å²) in [4.78, 5) is 21.0. The molecule has 3 fully saturated rings. The molecule has 0 spiro atoms. The Labute approximate surface area is 336 Å². The van der Waals surface area contributed by atoms with Crippen molar-refractivity contribution in [3.8, 4) is 0 Å². The van der Waals surface area contributed by atoms with Gasteiger partial charge in [0.25, 0.3) is 0 Å². The van der Waals surface area contributed by atoms with Gasteiger partial charge in [0.05, 0.1) is 25.2 Å². The number of halogens is 1. The maximum Gasteiger partial charge on any atom is 0.200 e. The number of aliphatic hydroxyl groups excluding tert-OH is 7. The number of alkyl halides is 1. The van der Waals surface area contributed by atoms with Crippen molar-refractivity contribution in [2.45, 2.75) is 93.6 Å². The molecule has 0 aromatic carbocycles. The SMILES string of the molecule is C.C=C1N=C(N)C=CN1[C@@H]1O[C@@](CO)(N=[N+]=[N-])[C@H](O)C1O.C=C1N=C(N)C=CN1[C@@H]1O[C@H](CO)[C@H](O)C1(C)F.CC1(O)[C@@H](O)[C@@H](CO)O[C@H]1n1ccc2c(N)ncnc21. The zero-order valence-electron chi connectivity index (χ0n) is 31.2. The molecule has 0 amide bonds. The molecule has 0 radical (unpaired) electrons. The Morgan fingerprint density at radius 2 is 1.46 bits per heavy atom. The molecule has 14 N–H and O–H groups in total. The molecule has 7 rings (SSSR count). The summed E-state index contributed by atoms with van der Waals surface area (Å²) >= 11 is 0. The highest BCUT2D eigenvalue weighted by Crippen LogP contribution is 2.41. The molecule has 25 heteroatoms. The third-order valence-electron chi connectivity index (χ3n) is 9.92. The number of hydrogen-bond donors (Lipinski definition) is 11. The molecule has 59 heavy (non-hydrogen) atoms. The van der Waals surface area contributed by atoms with Crippen molar-refractivity contribution in [3.05, 3.63) is 78.4 Å². The standard InChI is InChI=1S/C12H16N4O4.C11H16FN3O3.C10H14N6O4.CH4/c1-12(19)8(18)7(4-17)20-11(12)16-3-2-6-9(13)14-5-15-10(6)16;1-6-14-8(13)3-4-15(6)10-11(2,12)9(17)7(5-16)18-10;1-5-13-6(11)2-3-16(5)9-7(18)8(19)10(4-17,20-9)14-15-12;/h2-3,5,7-8,11,17-19H,4H2,1H3,(H2,13,14,15);3-4,7,9-10,16-17H,1,5H2,2H3,(H2,13,14);2-3,7-9,17-19H,1,4H2,(H2,11,13);1H4/t7-,8+,11-,12?;7-,9+,10-,11?;7?,8-,9-,10-;/m111./s1. The summed E-state index contributed by atoms with van der Waals surface area (Å²) in [6, 6.07) is 1.71. The fourth-order valence-corrected chi connectivity index (χ4v) is 6.67. The monoisotopic (exact) mass is 835 g/mol. The summed E-state index contributed by atoms with van der Waals surface area (Å²) in [5, 5.41) is 81.6. The Morgan fingerprint density at radius 3 is 1.97 bits per heavy atom. The van der Waals surface area contributed by atoms with Crippen LogP contribution in [0.3, 0.4) is 0 Å². The Morgan fingerprint density at radius 1 is 0.898 bits per heavy atom. The van der Waals surface area contributed by atoms with Gasteiger partial charge in [0.2, 0.25) is 5.72 Å². The van der Waals surface area contributed by atoms with Crippen LogP contribution in [0.1, 0.15) is 27.5 Å². The molecule has 0 bridgehead atoms. The molecule has 7 heterocycles. The van der Waals surface area contributed by atoms with Crippen LogP contribution in [0.4, 0.5) is 10.2 Å². The number of nitrogens with two attached hydrogens (primary N) is 3. The molecular weight excluding hydrogens is 785 g/mol. The molecule has 0 saturated carbocycles. The third-order valence-corrected chi connectivity index (χ3v) is 9.92. The minimum atomic E-state index is -2.05. The van der Waals surface area contributed by atoms with E-state index in [9.17, 15) is 40.1 Å². The summed E-state index contributed by atoms with van der Waals surface area (Å²) < 4.78 is 32.3. The van der Waals surface area contributed by atoms with Crippen molar-refractivity contribution in [2.24, 2.45) is 26.6 Å². The molecule has 0 aliphatic carbocycles. The van der Waals surface area contributed by atoms with Crippen LogP contribution in [-0.4, -0.2) is 163 Å². The lowest BCUT2D eigenvalue weighted by Crippen LogP contribution is -2.48. The predicted octanol–water partition coefficient (Wildman–Crippen LogP) is -2.18. The van der Waals surface area contributed by atoms with E-state index in [-0.39, 0.29) is 37.3 Å². The van der Waals surface area contributed by atoms with Gasteiger partial charge in [0.1, 0.15) is 83.3 Å². The largest absolute Gasteiger partial charge is 0.394 e. The van der Waals surface area contributed by atoms with Gasteiger partial charge in [-0.05, 0) is 37.6 Å². The molecule has 2 aromatic heterocycles. The second-order valence-electron chi connectivity index (χ2n) is 13.9. The number of aliphatic hydroxyl groups is 8. The lowest BCUT2D eigenvalue weighted by atomic mass is 9.96. The van der Waals surface area contributed by atoms with E-state index in [1.54, 1.807) is 16.8 Å². The molecule has 5 aliphatic rings. The number of ether oxygens (including phenoxy) is 3. The zero-order valence-corrected chi connectivity index (χ0v) is 31.2. The zero-order chi connectivity index (χ0) is 42.9. The van der Waals surface area contributed by atoms with Crippen molar-refractivity contribution in [3.63, 3.8) is 0 Å². The van der Waals surface area contributed by atoms with E-state index < -0.39 is 85.5 Å². The van der Waals surface area contributed by atoms with Crippen LogP contribution in [-0.2, 0) is 14.2 Å². The van der Waals surface area contributed by atoms with Gasteiger partial charge >= 0.3 is 0 Å². The van der Waals surface area contributed by atoms with E-state index in [1.165, 1.54) is 54.5 Å². The highest BCUT2D eigenvalue weighted by Gasteiger charge is 2.57. The summed E-state index contributed by atoms with van der Waals surface area (Å²) in [6.45, 7) is 8.31. The van der Waals surface area contributed by atoms with E-state index in [1.807, 2.05) is 0 Å². The number of amidine groups is 2. The molecule has 3 saturated heterocycles. The van der Waals surface area contributed by atoms with E-state index in [2.05, 4.69) is 43.1 Å². The minimum absolute atomic E-state index is 0. The molecule has 2 aromatic rings. The number of aromatic nitrogens is 3. The van der Waals surface area contributed by atoms with Crippen LogP contribution in [0.25, 0.3) is 21.5 Å². The van der Waals surface area contributed by atoms with Gasteiger partial charge in [-0.1, -0.05) is 25.7 Å². The van der Waals surface area contributed by atoms with Gasteiger partial charge < -0.3 is 86.6 Å². The van der Waals surface area contributed by atoms with Gasteiger partial charge in [-0.15, -0.1) is 0 Å². The Bertz CT molecular complexity index is 2040. The van der Waals surface area contributed by atoms with Crippen LogP contribution in [0.15, 0.2) is 83.0 Å². The molecule has 3 unspecified atom stereocenters. The van der Waals surface area contributed by atoms with Crippen molar-refractivity contribution in [1.82, 2.24) is 24.3 Å². The van der Waals surface area contributed by atoms with Gasteiger partial charge in [0, 0.05) is 23.5 Å². The van der Waals surface area contributed by atoms with Crippen LogP contribution < -0.4 is 17.2 Å². The molecule has 12 atom stereocenters. The minimum Gasteiger partial charge on any atom is -0.394 e. The highest BCUT2D eigenvalue weighted by molar-refractivity contribution is 5.93. The second kappa shape index (κ2) is 17.9. The lowest BCUT2D eigenvalue weighted by molar-refractivity contribution is -0.130. The molecule has 324 valence electrons. The first-order valence-electron chi connectivity index (χ1n) is 17.4. The van der Waals surface area contributed by atoms with Crippen LogP contribution in [0.2, 0.25) is 0 Å². The Hall–Kier alpha value is -5.28. The maximum atomic E-state index is 14.5. The van der Waals surface area contributed by atoms with Crippen molar-refractivity contribution >= 4 is 28.5 Å². The number of aliphatic imine (C=N–C) groups is 2. The van der Waals surface area contributed by atoms with Crippen molar-refractivity contribution < 1.29 is 59.5 Å². The number of nitrogens with zero attached hydrogens (tertiary/aromatic N) is 10. The smallest absolute Gasteiger partial charge is 0.200 e. The predicted molar refractivity (Wildman–Crippen MR) is 207 cm³/mol. The number of hydrogen-bond acceptors (Lipinski definition) is 21. The fraction of sp³-hybridized carbons (Fsp3) is 0.529. The van der Waals surface area contributed by atoms with Crippen LogP contribution >= 0.6 is 0 Å². The van der Waals surface area contributed by atoms with Gasteiger partial charge in [-0.3, -0.25) is 0 Å². The average Bonchev–Trinajstić information content (AvgIpc) is 3.85. The molecule has 5 aliphatic heterocycles. The Balaban J connectivity index is 0.000000194. The first kappa shape index (κ1) is 46.4. The first-order valence-corrected chi connectivity index (χ1v) is 17.4. The van der Waals surface area contributed by atoms with Crippen molar-refractivity contribution in [1.29, 1.82) is 0 Å². The number of rotatable bonds is 7. The maximum absolute atomic E-state index is 14.5. The lowest BCUT2D eigenvalue weighted by Gasteiger charge is -2.34. The van der Waals surface area contributed by atoms with E-state index >= 15 is 0 Å². The van der Waals surface area contributed by atoms with E-state index in [0.717, 1.165) is 0 Å². The number of fused-ring (bicyclic) bond motifs is 1. The topological polar surface area (TPSA) is 378 Å². The fourth-order valence-electron chi connectivity index (χ4n) is 6.67. The summed E-state index contributed by atoms with van der Waals surface area (Å²) in [7, 11) is 0. The summed E-state index contributed by atoms with van der Waals surface area (Å²) in [5.74, 6) is 1.20. The first-order chi connectivity index (χ1) is 27.3. The summed E-state index contributed by atoms with van der Waals surface area (Å²) in [5.41, 5.74) is 20.2. The Kier molecular flexibility index (Phi) is 14.1. The van der Waals surface area contributed by atoms with Crippen LogP contribution in [0, 0.1) is 0 Å². The van der Waals surface area contributed by atoms with Crippen molar-refractivity contribution in [2.75, 3.05) is 25.6 Å². The highest BCUT2D eigenvalue weighted by atomic mass is 19.1. The van der Waals surface area contributed by atoms with Crippen LogP contribution in [0.5, 0.6) is 0 Å². The van der Waals surface area contributed by atoms with Gasteiger partial charge in [-0.25, -0.2) is 24.3 Å². The number of azide groups is 1. The third kappa shape index (κ3) is 8.58. The number of anilines is 1. The molecular formula is C34H50FN13O11. The van der Waals surface area contributed by atoms with E-state index in [0.29, 0.717) is 16.9 Å². The van der Waals surface area contributed by atoms with Gasteiger partial charge in [0.15, 0.2) is 24.4 Å².